The number of carbonyl (C=O) groups excluding carboxylic acids is 2. The number of hydrogen-bond donors (Lipinski definition) is 1. The number of thioether (sulfide) groups is 1. The van der Waals surface area contributed by atoms with Crippen LogP contribution in [0.1, 0.15) is 54.1 Å². The van der Waals surface area contributed by atoms with Crippen LogP contribution >= 0.6 is 11.8 Å². The summed E-state index contributed by atoms with van der Waals surface area (Å²) in [6.07, 6.45) is 7.76. The number of ketones is 1. The first-order chi connectivity index (χ1) is 14.7. The molecule has 1 fully saturated rings. The lowest BCUT2D eigenvalue weighted by Crippen LogP contribution is -2.15. The van der Waals surface area contributed by atoms with Crippen LogP contribution in [0.15, 0.2) is 46.2 Å². The normalized spacial score (nSPS) is 16.5. The molecule has 0 unspecified atom stereocenters. The van der Waals surface area contributed by atoms with E-state index in [-0.39, 0.29) is 17.4 Å². The number of aromatic nitrogens is 3. The number of carbonyl (C=O) groups is 2. The molecule has 8 heteroatoms. The van der Waals surface area contributed by atoms with Crippen LogP contribution in [0.2, 0.25) is 0 Å². The number of amides is 1. The van der Waals surface area contributed by atoms with Crippen molar-refractivity contribution in [3.63, 3.8) is 0 Å². The van der Waals surface area contributed by atoms with Crippen molar-refractivity contribution < 1.29 is 14.0 Å². The SMILES string of the molecule is O=C1Cc2cc(C(=O)CSc3nnc(-c4ccco4)n3C3CCCCC3)ccc2N1. The molecule has 3 aromatic rings. The zero-order valence-electron chi connectivity index (χ0n) is 16.5. The molecule has 0 bridgehead atoms. The molecule has 154 valence electrons. The highest BCUT2D eigenvalue weighted by atomic mass is 32.2. The lowest BCUT2D eigenvalue weighted by molar-refractivity contribution is -0.115. The van der Waals surface area contributed by atoms with Gasteiger partial charge < -0.3 is 9.73 Å². The van der Waals surface area contributed by atoms with Gasteiger partial charge in [-0.3, -0.25) is 14.2 Å². The molecule has 2 aromatic heterocycles. The molecular weight excluding hydrogens is 400 g/mol. The highest BCUT2D eigenvalue weighted by molar-refractivity contribution is 7.99. The molecule has 7 nitrogen and oxygen atoms in total. The minimum absolute atomic E-state index is 0.0138. The Balaban J connectivity index is 1.36. The van der Waals surface area contributed by atoms with Gasteiger partial charge in [-0.1, -0.05) is 31.0 Å². The number of benzene rings is 1. The number of furan rings is 1. The van der Waals surface area contributed by atoms with E-state index in [1.807, 2.05) is 18.2 Å². The summed E-state index contributed by atoms with van der Waals surface area (Å²) < 4.78 is 7.73. The van der Waals surface area contributed by atoms with Crippen LogP contribution in [0, 0.1) is 0 Å². The lowest BCUT2D eigenvalue weighted by Gasteiger charge is -2.25. The van der Waals surface area contributed by atoms with Crippen molar-refractivity contribution >= 4 is 29.1 Å². The summed E-state index contributed by atoms with van der Waals surface area (Å²) in [7, 11) is 0. The number of Topliss-reactive ketones (excluding diaryl/α,β-unsaturated/α-hetero) is 1. The Labute approximate surface area is 178 Å². The van der Waals surface area contributed by atoms with E-state index >= 15 is 0 Å². The van der Waals surface area contributed by atoms with Crippen molar-refractivity contribution in [3.05, 3.63) is 47.7 Å². The molecule has 1 aliphatic heterocycles. The van der Waals surface area contributed by atoms with Gasteiger partial charge >= 0.3 is 0 Å². The van der Waals surface area contributed by atoms with E-state index in [1.54, 1.807) is 18.4 Å². The summed E-state index contributed by atoms with van der Waals surface area (Å²) in [6.45, 7) is 0. The number of nitrogens with zero attached hydrogens (tertiary/aromatic N) is 3. The molecule has 3 heterocycles. The van der Waals surface area contributed by atoms with Crippen molar-refractivity contribution in [3.8, 4) is 11.6 Å². The molecule has 0 saturated heterocycles. The molecule has 1 aromatic carbocycles. The Morgan fingerprint density at radius 3 is 2.87 bits per heavy atom. The van der Waals surface area contributed by atoms with Crippen molar-refractivity contribution in [1.82, 2.24) is 14.8 Å². The van der Waals surface area contributed by atoms with Crippen molar-refractivity contribution in [1.29, 1.82) is 0 Å². The van der Waals surface area contributed by atoms with Crippen LogP contribution in [-0.2, 0) is 11.2 Å². The van der Waals surface area contributed by atoms with Gasteiger partial charge in [0.15, 0.2) is 16.7 Å². The van der Waals surface area contributed by atoms with E-state index in [0.29, 0.717) is 23.8 Å². The van der Waals surface area contributed by atoms with Gasteiger partial charge in [-0.2, -0.15) is 0 Å². The summed E-state index contributed by atoms with van der Waals surface area (Å²) in [4.78, 5) is 24.4. The molecule has 0 atom stereocenters. The van der Waals surface area contributed by atoms with Crippen molar-refractivity contribution in [2.75, 3.05) is 11.1 Å². The largest absolute Gasteiger partial charge is 0.461 e. The van der Waals surface area contributed by atoms with E-state index in [1.165, 1.54) is 31.0 Å². The summed E-state index contributed by atoms with van der Waals surface area (Å²) in [5.74, 6) is 1.67. The Morgan fingerprint density at radius 1 is 1.20 bits per heavy atom. The van der Waals surface area contributed by atoms with Gasteiger partial charge in [0.2, 0.25) is 11.7 Å². The zero-order chi connectivity index (χ0) is 20.5. The minimum atomic E-state index is -0.0324. The molecule has 1 amide bonds. The highest BCUT2D eigenvalue weighted by Gasteiger charge is 2.26. The maximum absolute atomic E-state index is 12.8. The second kappa shape index (κ2) is 8.10. The third kappa shape index (κ3) is 3.67. The van der Waals surface area contributed by atoms with Crippen LogP contribution in [0.5, 0.6) is 0 Å². The maximum Gasteiger partial charge on any atom is 0.228 e. The van der Waals surface area contributed by atoms with Gasteiger partial charge in [0.05, 0.1) is 18.4 Å². The fraction of sp³-hybridized carbons (Fsp3) is 0.364. The van der Waals surface area contributed by atoms with Gasteiger partial charge in [-0.05, 0) is 48.7 Å². The first-order valence-electron chi connectivity index (χ1n) is 10.3. The predicted octanol–water partition coefficient (Wildman–Crippen LogP) is 4.51. The van der Waals surface area contributed by atoms with E-state index in [9.17, 15) is 9.59 Å². The fourth-order valence-electron chi connectivity index (χ4n) is 4.23. The highest BCUT2D eigenvalue weighted by Crippen LogP contribution is 2.36. The monoisotopic (exact) mass is 422 g/mol. The third-order valence-electron chi connectivity index (χ3n) is 5.73. The van der Waals surface area contributed by atoms with Gasteiger partial charge in [-0.15, -0.1) is 10.2 Å². The molecule has 1 aliphatic carbocycles. The summed E-state index contributed by atoms with van der Waals surface area (Å²) in [6, 6.07) is 9.45. The fourth-order valence-corrected chi connectivity index (χ4v) is 5.13. The molecule has 0 radical (unpaired) electrons. The van der Waals surface area contributed by atoms with Gasteiger partial charge in [0.25, 0.3) is 0 Å². The Hall–Kier alpha value is -2.87. The average molecular weight is 423 g/mol. The number of nitrogens with one attached hydrogen (secondary N) is 1. The van der Waals surface area contributed by atoms with Gasteiger partial charge in [0, 0.05) is 17.3 Å². The first-order valence-corrected chi connectivity index (χ1v) is 11.2. The molecule has 30 heavy (non-hydrogen) atoms. The zero-order valence-corrected chi connectivity index (χ0v) is 17.3. The maximum atomic E-state index is 12.8. The molecular formula is C22H22N4O3S. The second-order valence-electron chi connectivity index (χ2n) is 7.75. The third-order valence-corrected chi connectivity index (χ3v) is 6.67. The van der Waals surface area contributed by atoms with E-state index < -0.39 is 0 Å². The summed E-state index contributed by atoms with van der Waals surface area (Å²) in [5, 5.41) is 12.3. The summed E-state index contributed by atoms with van der Waals surface area (Å²) in [5.41, 5.74) is 2.29. The van der Waals surface area contributed by atoms with E-state index in [0.717, 1.165) is 35.1 Å². The number of fused-ring (bicyclic) bond motifs is 1. The standard InChI is InChI=1S/C22H22N4O3S/c27-18(14-8-9-17-15(11-14)12-20(28)23-17)13-30-22-25-24-21(19-7-4-10-29-19)26(22)16-5-2-1-3-6-16/h4,7-11,16H,1-3,5-6,12-13H2,(H,23,28). The topological polar surface area (TPSA) is 90.0 Å². The smallest absolute Gasteiger partial charge is 0.228 e. The van der Waals surface area contributed by atoms with Crippen LogP contribution in [-0.4, -0.2) is 32.2 Å². The van der Waals surface area contributed by atoms with Crippen molar-refractivity contribution in [2.24, 2.45) is 0 Å². The van der Waals surface area contributed by atoms with Gasteiger partial charge in [0.1, 0.15) is 0 Å². The van der Waals surface area contributed by atoms with E-state index in [2.05, 4.69) is 20.1 Å². The van der Waals surface area contributed by atoms with E-state index in [4.69, 9.17) is 4.42 Å². The Kier molecular flexibility index (Phi) is 5.16. The molecule has 1 N–H and O–H groups in total. The predicted molar refractivity (Wildman–Crippen MR) is 114 cm³/mol. The minimum Gasteiger partial charge on any atom is -0.461 e. The second-order valence-corrected chi connectivity index (χ2v) is 8.70. The molecule has 0 spiro atoms. The number of hydrogen-bond acceptors (Lipinski definition) is 6. The van der Waals surface area contributed by atoms with Crippen LogP contribution in [0.4, 0.5) is 5.69 Å². The van der Waals surface area contributed by atoms with Crippen LogP contribution < -0.4 is 5.32 Å². The molecule has 1 saturated carbocycles. The first kappa shape index (κ1) is 19.1. The van der Waals surface area contributed by atoms with Crippen LogP contribution in [0.3, 0.4) is 0 Å². The lowest BCUT2D eigenvalue weighted by atomic mass is 9.95. The molecule has 5 rings (SSSR count). The molecule has 2 aliphatic rings. The Morgan fingerprint density at radius 2 is 2.07 bits per heavy atom. The average Bonchev–Trinajstić information content (AvgIpc) is 3.50. The number of anilines is 1. The quantitative estimate of drug-likeness (QED) is 0.464. The van der Waals surface area contributed by atoms with Crippen LogP contribution in [0.25, 0.3) is 11.6 Å². The van der Waals surface area contributed by atoms with Gasteiger partial charge in [-0.25, -0.2) is 0 Å². The number of rotatable bonds is 6. The van der Waals surface area contributed by atoms with Crippen molar-refractivity contribution in [2.45, 2.75) is 49.7 Å². The summed E-state index contributed by atoms with van der Waals surface area (Å²) >= 11 is 1.41. The Bertz CT molecular complexity index is 1080.